The van der Waals surface area contributed by atoms with Crippen LogP contribution in [0.15, 0.2) is 48.9 Å². The topological polar surface area (TPSA) is 88.8 Å². The number of hydrogen-bond donors (Lipinski definition) is 1. The molecule has 1 N–H and O–H groups in total. The van der Waals surface area contributed by atoms with Crippen molar-refractivity contribution in [2.45, 2.75) is 32.1 Å². The molecule has 12 heteroatoms. The zero-order valence-corrected chi connectivity index (χ0v) is 19.8. The molecule has 0 aliphatic carbocycles. The van der Waals surface area contributed by atoms with Crippen LogP contribution in [0, 0.1) is 0 Å². The van der Waals surface area contributed by atoms with Crippen LogP contribution in [0.5, 0.6) is 0 Å². The Bertz CT molecular complexity index is 1430. The van der Waals surface area contributed by atoms with Gasteiger partial charge in [-0.15, -0.1) is 11.3 Å². The molecule has 8 nitrogen and oxygen atoms in total. The number of halogens is 3. The monoisotopic (exact) mass is 499 g/mol. The summed E-state index contributed by atoms with van der Waals surface area (Å²) in [7, 11) is 1.80. The molecule has 180 valence electrons. The van der Waals surface area contributed by atoms with Crippen LogP contribution >= 0.6 is 11.3 Å². The molecule has 0 aromatic carbocycles. The van der Waals surface area contributed by atoms with Crippen LogP contribution < -0.4 is 5.32 Å². The van der Waals surface area contributed by atoms with E-state index in [0.717, 1.165) is 27.8 Å². The quantitative estimate of drug-likeness (QED) is 0.416. The smallest absolute Gasteiger partial charge is 0.324 e. The second-order valence-corrected chi connectivity index (χ2v) is 9.63. The van der Waals surface area contributed by atoms with Gasteiger partial charge >= 0.3 is 6.18 Å². The van der Waals surface area contributed by atoms with Gasteiger partial charge in [0.15, 0.2) is 0 Å². The van der Waals surface area contributed by atoms with Crippen LogP contribution in [0.25, 0.3) is 10.6 Å². The number of amides is 1. The maximum atomic E-state index is 13.3. The Morgan fingerprint density at radius 1 is 1.09 bits per heavy atom. The molecule has 0 fully saturated rings. The number of carbonyl (C=O) groups excluding carboxylic acids is 1. The number of fused-ring (bicyclic) bond motifs is 1. The molecule has 4 aromatic rings. The molecule has 1 aliphatic heterocycles. The molecule has 0 radical (unpaired) electrons. The number of rotatable bonds is 5. The van der Waals surface area contributed by atoms with Gasteiger partial charge in [0.1, 0.15) is 11.5 Å². The van der Waals surface area contributed by atoms with E-state index in [1.807, 2.05) is 13.8 Å². The van der Waals surface area contributed by atoms with Crippen LogP contribution in [0.1, 0.15) is 40.3 Å². The van der Waals surface area contributed by atoms with Crippen LogP contribution in [-0.4, -0.2) is 35.5 Å². The summed E-state index contributed by atoms with van der Waals surface area (Å²) in [6.45, 7) is 3.82. The van der Waals surface area contributed by atoms with Gasteiger partial charge in [-0.25, -0.2) is 9.97 Å². The van der Waals surface area contributed by atoms with Crippen molar-refractivity contribution in [1.82, 2.24) is 29.6 Å². The van der Waals surface area contributed by atoms with E-state index in [-0.39, 0.29) is 12.5 Å². The zero-order valence-electron chi connectivity index (χ0n) is 19.0. The summed E-state index contributed by atoms with van der Waals surface area (Å²) >= 11 is 1.44. The molecule has 4 aromatic heterocycles. The van der Waals surface area contributed by atoms with Crippen molar-refractivity contribution in [1.29, 1.82) is 0 Å². The maximum absolute atomic E-state index is 13.3. The highest BCUT2D eigenvalue weighted by Gasteiger charge is 2.45. The summed E-state index contributed by atoms with van der Waals surface area (Å²) in [4.78, 5) is 28.7. The van der Waals surface area contributed by atoms with E-state index in [0.29, 0.717) is 22.8 Å². The summed E-state index contributed by atoms with van der Waals surface area (Å²) in [5.41, 5.74) is -0.135. The molecule has 1 amide bonds. The number of hydrogen-bond acceptors (Lipinski definition) is 7. The predicted octanol–water partition coefficient (Wildman–Crippen LogP) is 4.99. The highest BCUT2D eigenvalue weighted by molar-refractivity contribution is 7.16. The Balaban J connectivity index is 1.41. The van der Waals surface area contributed by atoms with Gasteiger partial charge in [0.05, 0.1) is 27.9 Å². The fourth-order valence-electron chi connectivity index (χ4n) is 4.00. The number of thiophene rings is 1. The number of carbonyl (C=O) groups is 1. The van der Waals surface area contributed by atoms with Crippen LogP contribution in [-0.2, 0) is 25.3 Å². The molecular weight excluding hydrogens is 479 g/mol. The highest BCUT2D eigenvalue weighted by atomic mass is 32.1. The fraction of sp³-hybridized carbons (Fsp3) is 0.261. The number of aromatic nitrogens is 5. The molecule has 5 heterocycles. The van der Waals surface area contributed by atoms with Gasteiger partial charge in [-0.3, -0.25) is 14.5 Å². The standard InChI is InChI=1S/C23H20F3N7OS/c1-22(2)19-14(20(34)33(22)12-13-4-7-27-17(10-13)23(24,25)26)11-16(35-19)15-5-8-28-21(30-15)31-18-6-9-29-32(18)3/h4-11H,12H2,1-3H3,(H,28,30,31). The molecule has 0 spiro atoms. The molecule has 0 atom stereocenters. The first-order chi connectivity index (χ1) is 16.5. The minimum absolute atomic E-state index is 0.0421. The number of nitrogens with zero attached hydrogens (tertiary/aromatic N) is 6. The number of nitrogens with one attached hydrogen (secondary N) is 1. The van der Waals surface area contributed by atoms with E-state index < -0.39 is 17.4 Å². The molecule has 1 aliphatic rings. The Hall–Kier alpha value is -3.80. The van der Waals surface area contributed by atoms with Crippen molar-refractivity contribution in [2.75, 3.05) is 5.32 Å². The first kappa shape index (κ1) is 23.0. The van der Waals surface area contributed by atoms with E-state index in [4.69, 9.17) is 0 Å². The largest absolute Gasteiger partial charge is 0.433 e. The lowest BCUT2D eigenvalue weighted by atomic mass is 10.0. The van der Waals surface area contributed by atoms with Crippen LogP contribution in [0.2, 0.25) is 0 Å². The van der Waals surface area contributed by atoms with Crippen molar-refractivity contribution in [3.8, 4) is 10.6 Å². The van der Waals surface area contributed by atoms with Crippen molar-refractivity contribution in [2.24, 2.45) is 7.05 Å². The molecule has 0 bridgehead atoms. The zero-order chi connectivity index (χ0) is 25.0. The van der Waals surface area contributed by atoms with Gasteiger partial charge in [0.25, 0.3) is 5.91 Å². The van der Waals surface area contributed by atoms with E-state index in [1.165, 1.54) is 17.4 Å². The maximum Gasteiger partial charge on any atom is 0.433 e. The Morgan fingerprint density at radius 2 is 1.86 bits per heavy atom. The Morgan fingerprint density at radius 3 is 2.54 bits per heavy atom. The highest BCUT2D eigenvalue weighted by Crippen LogP contribution is 2.46. The molecule has 0 saturated carbocycles. The minimum Gasteiger partial charge on any atom is -0.324 e. The summed E-state index contributed by atoms with van der Waals surface area (Å²) in [5.74, 6) is 0.887. The van der Waals surface area contributed by atoms with Gasteiger partial charge in [-0.2, -0.15) is 18.3 Å². The average molecular weight is 500 g/mol. The van der Waals surface area contributed by atoms with E-state index >= 15 is 0 Å². The normalized spacial score (nSPS) is 14.9. The summed E-state index contributed by atoms with van der Waals surface area (Å²) < 4.78 is 40.9. The minimum atomic E-state index is -4.55. The molecular formula is C23H20F3N7OS. The first-order valence-electron chi connectivity index (χ1n) is 10.6. The van der Waals surface area contributed by atoms with Gasteiger partial charge in [0.2, 0.25) is 5.95 Å². The Labute approximate surface area is 202 Å². The Kier molecular flexibility index (Phi) is 5.35. The molecule has 5 rings (SSSR count). The van der Waals surface area contributed by atoms with Crippen molar-refractivity contribution >= 4 is 29.0 Å². The third-order valence-corrected chi connectivity index (χ3v) is 7.33. The third kappa shape index (κ3) is 4.14. The second kappa shape index (κ2) is 8.15. The summed E-state index contributed by atoms with van der Waals surface area (Å²) in [5, 5.41) is 7.21. The number of pyridine rings is 1. The van der Waals surface area contributed by atoms with Gasteiger partial charge < -0.3 is 10.2 Å². The number of aryl methyl sites for hydroxylation is 1. The van der Waals surface area contributed by atoms with Crippen LogP contribution in [0.4, 0.5) is 24.9 Å². The van der Waals surface area contributed by atoms with Crippen molar-refractivity contribution in [3.63, 3.8) is 0 Å². The van der Waals surface area contributed by atoms with E-state index in [9.17, 15) is 18.0 Å². The second-order valence-electron chi connectivity index (χ2n) is 8.58. The lowest BCUT2D eigenvalue weighted by Gasteiger charge is -2.32. The average Bonchev–Trinajstić information content (AvgIpc) is 3.47. The van der Waals surface area contributed by atoms with Crippen molar-refractivity contribution in [3.05, 3.63) is 70.6 Å². The lowest BCUT2D eigenvalue weighted by Crippen LogP contribution is -2.38. The number of anilines is 2. The summed E-state index contributed by atoms with van der Waals surface area (Å²) in [6, 6.07) is 7.83. The van der Waals surface area contributed by atoms with Gasteiger partial charge in [0, 0.05) is 36.9 Å². The fourth-order valence-corrected chi connectivity index (χ4v) is 5.23. The van der Waals surface area contributed by atoms with Crippen LogP contribution in [0.3, 0.4) is 0 Å². The molecule has 35 heavy (non-hydrogen) atoms. The third-order valence-electron chi connectivity index (χ3n) is 5.86. The molecule has 0 unspecified atom stereocenters. The number of alkyl halides is 3. The van der Waals surface area contributed by atoms with Gasteiger partial charge in [-0.05, 0) is 43.7 Å². The van der Waals surface area contributed by atoms with E-state index in [2.05, 4.69) is 25.4 Å². The first-order valence-corrected chi connectivity index (χ1v) is 11.4. The van der Waals surface area contributed by atoms with E-state index in [1.54, 1.807) is 47.2 Å². The van der Waals surface area contributed by atoms with Gasteiger partial charge in [-0.1, -0.05) is 0 Å². The SMILES string of the molecule is Cn1nccc1Nc1nccc(-c2cc3c(s2)C(C)(C)N(Cc2ccnc(C(F)(F)F)c2)C3=O)n1. The summed E-state index contributed by atoms with van der Waals surface area (Å²) in [6.07, 6.45) is -0.139. The predicted molar refractivity (Wildman–Crippen MR) is 124 cm³/mol. The van der Waals surface area contributed by atoms with Crippen molar-refractivity contribution < 1.29 is 18.0 Å². The molecule has 0 saturated heterocycles. The lowest BCUT2D eigenvalue weighted by molar-refractivity contribution is -0.141.